The van der Waals surface area contributed by atoms with Crippen molar-refractivity contribution in [3.05, 3.63) is 22.7 Å². The van der Waals surface area contributed by atoms with Gasteiger partial charge < -0.3 is 25.4 Å². The van der Waals surface area contributed by atoms with Crippen LogP contribution in [0.4, 0.5) is 5.82 Å². The molecule has 8 nitrogen and oxygen atoms in total. The summed E-state index contributed by atoms with van der Waals surface area (Å²) in [7, 11) is 0. The van der Waals surface area contributed by atoms with Crippen LogP contribution in [0, 0.1) is 0 Å². The molecule has 2 saturated heterocycles. The fourth-order valence-electron chi connectivity index (χ4n) is 2.97. The van der Waals surface area contributed by atoms with E-state index in [0.29, 0.717) is 13.0 Å². The lowest BCUT2D eigenvalue weighted by atomic mass is 9.91. The second-order valence-electron chi connectivity index (χ2n) is 5.10. The van der Waals surface area contributed by atoms with Crippen LogP contribution in [0.1, 0.15) is 19.1 Å². The van der Waals surface area contributed by atoms with Crippen LogP contribution in [-0.2, 0) is 9.47 Å². The zero-order valence-electron chi connectivity index (χ0n) is 10.8. The number of aromatic nitrogens is 2. The van der Waals surface area contributed by atoms with Gasteiger partial charge in [0.05, 0.1) is 6.61 Å². The number of rotatable bonds is 2. The van der Waals surface area contributed by atoms with E-state index in [2.05, 4.69) is 4.98 Å². The minimum Gasteiger partial charge on any atom is -0.394 e. The Hall–Kier alpha value is -1.48. The minimum atomic E-state index is -1.02. The third kappa shape index (κ3) is 1.84. The van der Waals surface area contributed by atoms with Crippen LogP contribution in [0.5, 0.6) is 0 Å². The van der Waals surface area contributed by atoms with E-state index in [1.165, 1.54) is 16.8 Å². The molecule has 2 unspecified atom stereocenters. The summed E-state index contributed by atoms with van der Waals surface area (Å²) in [4.78, 5) is 15.6. The molecular weight excluding hydrogens is 266 g/mol. The first-order valence-electron chi connectivity index (χ1n) is 6.51. The molecule has 20 heavy (non-hydrogen) atoms. The van der Waals surface area contributed by atoms with Crippen LogP contribution in [0.15, 0.2) is 17.1 Å². The first-order chi connectivity index (χ1) is 9.58. The van der Waals surface area contributed by atoms with Crippen molar-refractivity contribution in [1.82, 2.24) is 9.55 Å². The van der Waals surface area contributed by atoms with Crippen molar-refractivity contribution >= 4 is 5.82 Å². The molecule has 0 radical (unpaired) electrons. The Morgan fingerprint density at radius 2 is 2.40 bits per heavy atom. The maximum atomic E-state index is 12.0. The molecule has 3 rings (SSSR count). The van der Waals surface area contributed by atoms with Crippen molar-refractivity contribution < 1.29 is 19.7 Å². The highest BCUT2D eigenvalue weighted by atomic mass is 16.6. The summed E-state index contributed by atoms with van der Waals surface area (Å²) in [5, 5.41) is 19.6. The topological polar surface area (TPSA) is 120 Å². The van der Waals surface area contributed by atoms with Crippen molar-refractivity contribution in [1.29, 1.82) is 0 Å². The average molecular weight is 283 g/mol. The third-order valence-electron chi connectivity index (χ3n) is 3.94. The van der Waals surface area contributed by atoms with Gasteiger partial charge in [-0.1, -0.05) is 0 Å². The second kappa shape index (κ2) is 4.81. The minimum absolute atomic E-state index is 0.116. The zero-order valence-corrected chi connectivity index (χ0v) is 10.8. The molecule has 2 fully saturated rings. The summed E-state index contributed by atoms with van der Waals surface area (Å²) in [6.07, 6.45) is 0.161. The van der Waals surface area contributed by atoms with Gasteiger partial charge in [0.25, 0.3) is 0 Å². The van der Waals surface area contributed by atoms with Gasteiger partial charge in [-0.05, 0) is 18.9 Å². The Bertz CT molecular complexity index is 554. The number of aliphatic hydroxyl groups is 2. The lowest BCUT2D eigenvalue weighted by Gasteiger charge is -2.31. The predicted molar refractivity (Wildman–Crippen MR) is 67.8 cm³/mol. The highest BCUT2D eigenvalue weighted by Gasteiger charge is 2.59. The number of nitrogens with two attached hydrogens (primary N) is 1. The molecule has 2 aliphatic rings. The maximum absolute atomic E-state index is 12.0. The van der Waals surface area contributed by atoms with Crippen LogP contribution in [0.25, 0.3) is 0 Å². The van der Waals surface area contributed by atoms with Crippen molar-refractivity contribution in [3.63, 3.8) is 0 Å². The summed E-state index contributed by atoms with van der Waals surface area (Å²) in [6, 6.07) is 1.48. The Morgan fingerprint density at radius 3 is 3.00 bits per heavy atom. The zero-order chi connectivity index (χ0) is 14.3. The molecule has 4 N–H and O–H groups in total. The van der Waals surface area contributed by atoms with E-state index in [1.54, 1.807) is 0 Å². The lowest BCUT2D eigenvalue weighted by molar-refractivity contribution is -0.121. The number of aliphatic hydroxyl groups excluding tert-OH is 2. The number of hydrogen-bond donors (Lipinski definition) is 3. The van der Waals surface area contributed by atoms with E-state index in [-0.39, 0.29) is 12.4 Å². The molecule has 0 saturated carbocycles. The molecule has 8 heteroatoms. The molecule has 0 amide bonds. The quantitative estimate of drug-likeness (QED) is 0.612. The number of anilines is 1. The van der Waals surface area contributed by atoms with Gasteiger partial charge >= 0.3 is 5.69 Å². The van der Waals surface area contributed by atoms with Crippen LogP contribution >= 0.6 is 0 Å². The van der Waals surface area contributed by atoms with E-state index >= 15 is 0 Å². The van der Waals surface area contributed by atoms with E-state index in [1.807, 2.05) is 0 Å². The standard InChI is InChI=1S/C12H17N3O5/c13-8-2-4-15(11(18)14-8)10-12(3-1-5-19-12)9(17)7(6-16)20-10/h2,4,7,9-10,16-17H,1,3,5-6H2,(H2,13,14,18)/t7?,9-,10?,12+/m1/s1. The van der Waals surface area contributed by atoms with Gasteiger partial charge in [-0.25, -0.2) is 4.79 Å². The highest BCUT2D eigenvalue weighted by Crippen LogP contribution is 2.46. The molecule has 2 aliphatic heterocycles. The highest BCUT2D eigenvalue weighted by molar-refractivity contribution is 5.24. The second-order valence-corrected chi connectivity index (χ2v) is 5.10. The summed E-state index contributed by atoms with van der Waals surface area (Å²) >= 11 is 0. The molecule has 0 aromatic carbocycles. The number of nitrogen functional groups attached to an aromatic ring is 1. The fraction of sp³-hybridized carbons (Fsp3) is 0.667. The van der Waals surface area contributed by atoms with Crippen molar-refractivity contribution in [2.24, 2.45) is 0 Å². The maximum Gasteiger partial charge on any atom is 0.351 e. The van der Waals surface area contributed by atoms with E-state index in [0.717, 1.165) is 6.42 Å². The van der Waals surface area contributed by atoms with Crippen LogP contribution < -0.4 is 11.4 Å². The average Bonchev–Trinajstić information content (AvgIpc) is 3.00. The van der Waals surface area contributed by atoms with Crippen molar-refractivity contribution in [2.45, 2.75) is 36.9 Å². The molecule has 1 aromatic heterocycles. The molecule has 0 bridgehead atoms. The molecule has 1 spiro atoms. The molecule has 0 aliphatic carbocycles. The number of ether oxygens (including phenoxy) is 2. The van der Waals surface area contributed by atoms with Gasteiger partial charge in [0.15, 0.2) is 6.23 Å². The van der Waals surface area contributed by atoms with Crippen molar-refractivity contribution in [2.75, 3.05) is 18.9 Å². The normalized spacial score (nSPS) is 36.8. The van der Waals surface area contributed by atoms with E-state index in [9.17, 15) is 15.0 Å². The summed E-state index contributed by atoms with van der Waals surface area (Å²) in [5.41, 5.74) is 3.87. The molecule has 110 valence electrons. The summed E-state index contributed by atoms with van der Waals surface area (Å²) in [6.45, 7) is 0.131. The van der Waals surface area contributed by atoms with E-state index in [4.69, 9.17) is 15.2 Å². The first-order valence-corrected chi connectivity index (χ1v) is 6.51. The Balaban J connectivity index is 2.04. The van der Waals surface area contributed by atoms with Crippen molar-refractivity contribution in [3.8, 4) is 0 Å². The SMILES string of the molecule is Nc1ccn(C2OC(CO)[C@@H](O)[C@@]23CCCO3)c(=O)n1. The molecule has 4 atom stereocenters. The van der Waals surface area contributed by atoms with Gasteiger partial charge in [0.1, 0.15) is 23.6 Å². The number of hydrogen-bond acceptors (Lipinski definition) is 7. The Labute approximate surface area is 114 Å². The van der Waals surface area contributed by atoms with Crippen LogP contribution in [0.3, 0.4) is 0 Å². The largest absolute Gasteiger partial charge is 0.394 e. The molecule has 1 aromatic rings. The van der Waals surface area contributed by atoms with E-state index < -0.39 is 29.7 Å². The van der Waals surface area contributed by atoms with Gasteiger partial charge in [0, 0.05) is 12.8 Å². The molecule has 3 heterocycles. The van der Waals surface area contributed by atoms with Gasteiger partial charge in [-0.3, -0.25) is 4.57 Å². The fourth-order valence-corrected chi connectivity index (χ4v) is 2.97. The lowest BCUT2D eigenvalue weighted by Crippen LogP contribution is -2.48. The summed E-state index contributed by atoms with van der Waals surface area (Å²) in [5.74, 6) is 0.116. The smallest absolute Gasteiger partial charge is 0.351 e. The first kappa shape index (κ1) is 13.5. The van der Waals surface area contributed by atoms with Crippen LogP contribution in [-0.4, -0.2) is 50.8 Å². The van der Waals surface area contributed by atoms with Gasteiger partial charge in [0.2, 0.25) is 0 Å². The summed E-state index contributed by atoms with van der Waals surface area (Å²) < 4.78 is 12.6. The van der Waals surface area contributed by atoms with Gasteiger partial charge in [-0.2, -0.15) is 4.98 Å². The monoisotopic (exact) mass is 283 g/mol. The Morgan fingerprint density at radius 1 is 1.60 bits per heavy atom. The Kier molecular flexibility index (Phi) is 3.25. The van der Waals surface area contributed by atoms with Gasteiger partial charge in [-0.15, -0.1) is 0 Å². The number of nitrogens with zero attached hydrogens (tertiary/aromatic N) is 2. The third-order valence-corrected chi connectivity index (χ3v) is 3.94. The van der Waals surface area contributed by atoms with Crippen LogP contribution in [0.2, 0.25) is 0 Å². The predicted octanol–water partition coefficient (Wildman–Crippen LogP) is -1.37. The molecular formula is C12H17N3O5.